The van der Waals surface area contributed by atoms with E-state index in [1.165, 1.54) is 11.8 Å². The molecular weight excluding hydrogens is 494 g/mol. The fourth-order valence-corrected chi connectivity index (χ4v) is 7.07. The Balaban J connectivity index is 1.28. The maximum Gasteiger partial charge on any atom is 0.240 e. The molecule has 3 heterocycles. The Labute approximate surface area is 227 Å². The van der Waals surface area contributed by atoms with E-state index < -0.39 is 23.0 Å². The number of nitrogens with zero attached hydrogens (tertiary/aromatic N) is 2. The molecule has 2 aromatic rings. The van der Waals surface area contributed by atoms with Crippen LogP contribution < -0.4 is 15.0 Å². The number of hydrogen-bond donors (Lipinski definition) is 1. The number of amides is 3. The molecule has 1 aliphatic carbocycles. The van der Waals surface area contributed by atoms with E-state index in [-0.39, 0.29) is 23.6 Å². The lowest BCUT2D eigenvalue weighted by Gasteiger charge is -2.31. The highest BCUT2D eigenvalue weighted by molar-refractivity contribution is 6.23. The summed E-state index contributed by atoms with van der Waals surface area (Å²) in [5.74, 6) is -0.894. The first kappa shape index (κ1) is 25.3. The van der Waals surface area contributed by atoms with Gasteiger partial charge in [-0.3, -0.25) is 14.4 Å². The lowest BCUT2D eigenvalue weighted by Crippen LogP contribution is -2.43. The van der Waals surface area contributed by atoms with Gasteiger partial charge in [0, 0.05) is 25.1 Å². The third-order valence-corrected chi connectivity index (χ3v) is 8.77. The Kier molecular flexibility index (Phi) is 5.88. The zero-order valence-corrected chi connectivity index (χ0v) is 22.3. The van der Waals surface area contributed by atoms with E-state index in [1.807, 2.05) is 19.1 Å². The predicted octanol–water partition coefficient (Wildman–Crippen LogP) is 4.62. The van der Waals surface area contributed by atoms with Crippen LogP contribution in [0.4, 0.5) is 11.4 Å². The van der Waals surface area contributed by atoms with Gasteiger partial charge in [0.1, 0.15) is 5.75 Å². The minimum atomic E-state index is -0.782. The highest BCUT2D eigenvalue weighted by Gasteiger charge is 2.74. The van der Waals surface area contributed by atoms with E-state index in [9.17, 15) is 19.6 Å². The second-order valence-electron chi connectivity index (χ2n) is 11.4. The smallest absolute Gasteiger partial charge is 0.240 e. The molecule has 0 radical (unpaired) electrons. The van der Waals surface area contributed by atoms with Crippen LogP contribution in [-0.4, -0.2) is 35.5 Å². The Morgan fingerprint density at radius 1 is 1.21 bits per heavy atom. The van der Waals surface area contributed by atoms with E-state index in [0.29, 0.717) is 55.0 Å². The Bertz CT molecular complexity index is 1480. The van der Waals surface area contributed by atoms with Crippen LogP contribution in [0.3, 0.4) is 0 Å². The molecule has 8 nitrogen and oxygen atoms in total. The molecule has 0 aromatic heterocycles. The standard InChI is InChI=1S/C31H31N3O5/c1-18-7-9-23-20(17-32)8-10-25(24(23)15-18)34-28(36)26-27(29(34)37)31(12-11-30(26,3)39-31)13-14-38-22-6-4-5-21(16-22)33-19(2)35/h4-10,16,18,26-27H,11-15H2,1-3H3,(H,33,35)/t18?,26-,27+,30-,31-/m0/s1. The third kappa shape index (κ3) is 3.95. The molecule has 200 valence electrons. The van der Waals surface area contributed by atoms with Gasteiger partial charge in [0.15, 0.2) is 0 Å². The second kappa shape index (κ2) is 9.06. The first-order valence-electron chi connectivity index (χ1n) is 13.5. The summed E-state index contributed by atoms with van der Waals surface area (Å²) in [5, 5.41) is 12.4. The quantitative estimate of drug-likeness (QED) is 0.552. The van der Waals surface area contributed by atoms with Crippen LogP contribution >= 0.6 is 0 Å². The SMILES string of the molecule is CC(=O)Nc1cccc(OCC[C@]23CC[C@](C)(O2)[C@@H]2C(=O)N(c4ccc(C#N)c5c4CC(C)C=C5)C(=O)[C@@H]23)c1. The molecule has 39 heavy (non-hydrogen) atoms. The molecule has 2 aromatic carbocycles. The van der Waals surface area contributed by atoms with Crippen LogP contribution in [-0.2, 0) is 25.5 Å². The molecule has 4 aliphatic rings. The average molecular weight is 526 g/mol. The zero-order chi connectivity index (χ0) is 27.5. The van der Waals surface area contributed by atoms with Crippen LogP contribution in [0.2, 0.25) is 0 Å². The topological polar surface area (TPSA) is 109 Å². The summed E-state index contributed by atoms with van der Waals surface area (Å²) in [6.45, 7) is 5.79. The van der Waals surface area contributed by atoms with Gasteiger partial charge in [0.25, 0.3) is 0 Å². The summed E-state index contributed by atoms with van der Waals surface area (Å²) in [4.78, 5) is 40.8. The number of fused-ring (bicyclic) bond motifs is 6. The van der Waals surface area contributed by atoms with Gasteiger partial charge in [0.2, 0.25) is 17.7 Å². The van der Waals surface area contributed by atoms with Crippen LogP contribution in [0, 0.1) is 29.1 Å². The normalized spacial score (nSPS) is 30.2. The maximum absolute atomic E-state index is 14.1. The molecule has 1 unspecified atom stereocenters. The summed E-state index contributed by atoms with van der Waals surface area (Å²) in [7, 11) is 0. The number of allylic oxidation sites excluding steroid dienone is 1. The predicted molar refractivity (Wildman–Crippen MR) is 145 cm³/mol. The van der Waals surface area contributed by atoms with Gasteiger partial charge in [-0.25, -0.2) is 4.90 Å². The van der Waals surface area contributed by atoms with Crippen molar-refractivity contribution in [3.05, 3.63) is 59.2 Å². The van der Waals surface area contributed by atoms with Crippen molar-refractivity contribution in [3.8, 4) is 11.8 Å². The van der Waals surface area contributed by atoms with Gasteiger partial charge >= 0.3 is 0 Å². The van der Waals surface area contributed by atoms with Crippen LogP contribution in [0.1, 0.15) is 56.7 Å². The lowest BCUT2D eigenvalue weighted by molar-refractivity contribution is -0.131. The Morgan fingerprint density at radius 3 is 2.77 bits per heavy atom. The highest BCUT2D eigenvalue weighted by Crippen LogP contribution is 2.62. The molecule has 6 rings (SSSR count). The molecule has 0 spiro atoms. The minimum Gasteiger partial charge on any atom is -0.493 e. The van der Waals surface area contributed by atoms with E-state index in [4.69, 9.17) is 9.47 Å². The third-order valence-electron chi connectivity index (χ3n) is 8.77. The van der Waals surface area contributed by atoms with Crippen LogP contribution in [0.15, 0.2) is 42.5 Å². The van der Waals surface area contributed by atoms with Crippen molar-refractivity contribution in [3.63, 3.8) is 0 Å². The van der Waals surface area contributed by atoms with Gasteiger partial charge in [-0.15, -0.1) is 0 Å². The second-order valence-corrected chi connectivity index (χ2v) is 11.4. The van der Waals surface area contributed by atoms with Gasteiger partial charge in [-0.1, -0.05) is 25.1 Å². The van der Waals surface area contributed by atoms with Crippen molar-refractivity contribution in [1.29, 1.82) is 5.26 Å². The van der Waals surface area contributed by atoms with Gasteiger partial charge in [-0.05, 0) is 67.5 Å². The average Bonchev–Trinajstić information content (AvgIpc) is 3.47. The minimum absolute atomic E-state index is 0.162. The Hall–Kier alpha value is -3.96. The summed E-state index contributed by atoms with van der Waals surface area (Å²) in [6, 6.07) is 12.9. The fraction of sp³-hybridized carbons (Fsp3) is 0.419. The number of hydrogen-bond acceptors (Lipinski definition) is 6. The van der Waals surface area contributed by atoms with Crippen molar-refractivity contribution < 1.29 is 23.9 Å². The van der Waals surface area contributed by atoms with Crippen molar-refractivity contribution in [2.75, 3.05) is 16.8 Å². The van der Waals surface area contributed by atoms with Crippen LogP contribution in [0.25, 0.3) is 6.08 Å². The number of benzene rings is 2. The van der Waals surface area contributed by atoms with Crippen molar-refractivity contribution in [1.82, 2.24) is 0 Å². The number of nitrogens with one attached hydrogen (secondary N) is 1. The first-order chi connectivity index (χ1) is 18.7. The number of anilines is 2. The number of ether oxygens (including phenoxy) is 2. The molecule has 3 fully saturated rings. The van der Waals surface area contributed by atoms with E-state index in [1.54, 1.807) is 30.3 Å². The lowest BCUT2D eigenvalue weighted by atomic mass is 9.67. The first-order valence-corrected chi connectivity index (χ1v) is 13.5. The molecule has 3 saturated heterocycles. The molecular formula is C31H31N3O5. The van der Waals surface area contributed by atoms with Crippen LogP contribution in [0.5, 0.6) is 5.75 Å². The maximum atomic E-state index is 14.1. The van der Waals surface area contributed by atoms with Gasteiger partial charge < -0.3 is 14.8 Å². The molecule has 1 N–H and O–H groups in total. The number of carbonyl (C=O) groups is 3. The molecule has 5 atom stereocenters. The van der Waals surface area contributed by atoms with Crippen molar-refractivity contribution in [2.45, 2.75) is 57.7 Å². The number of carbonyl (C=O) groups excluding carboxylic acids is 3. The van der Waals surface area contributed by atoms with E-state index >= 15 is 0 Å². The number of nitriles is 1. The molecule has 8 heteroatoms. The highest BCUT2D eigenvalue weighted by atomic mass is 16.5. The summed E-state index contributed by atoms with van der Waals surface area (Å²) < 4.78 is 12.6. The Morgan fingerprint density at radius 2 is 2.00 bits per heavy atom. The fourth-order valence-electron chi connectivity index (χ4n) is 7.07. The molecule has 3 amide bonds. The van der Waals surface area contributed by atoms with E-state index in [2.05, 4.69) is 24.4 Å². The molecule has 2 bridgehead atoms. The molecule has 0 saturated carbocycles. The number of rotatable bonds is 6. The molecule has 3 aliphatic heterocycles. The number of imide groups is 1. The monoisotopic (exact) mass is 525 g/mol. The largest absolute Gasteiger partial charge is 0.493 e. The van der Waals surface area contributed by atoms with Gasteiger partial charge in [0.05, 0.1) is 47.0 Å². The summed E-state index contributed by atoms with van der Waals surface area (Å²) in [6.07, 6.45) is 6.50. The van der Waals surface area contributed by atoms with Crippen molar-refractivity contribution in [2.24, 2.45) is 17.8 Å². The zero-order valence-electron chi connectivity index (χ0n) is 22.3. The van der Waals surface area contributed by atoms with Gasteiger partial charge in [-0.2, -0.15) is 5.26 Å². The summed E-state index contributed by atoms with van der Waals surface area (Å²) in [5.41, 5.74) is 1.96. The van der Waals surface area contributed by atoms with E-state index in [0.717, 1.165) is 11.1 Å². The van der Waals surface area contributed by atoms with Crippen molar-refractivity contribution >= 4 is 35.2 Å². The summed E-state index contributed by atoms with van der Waals surface area (Å²) >= 11 is 0.